The van der Waals surface area contributed by atoms with E-state index in [-0.39, 0.29) is 41.7 Å². The summed E-state index contributed by atoms with van der Waals surface area (Å²) < 4.78 is 11.8. The van der Waals surface area contributed by atoms with E-state index in [1.54, 1.807) is 7.11 Å². The standard InChI is InChI=1S/C32H44N2O3/c1-20(2)24-9-7-8-10-25(24)27-13-16-30(34(27)31(35)26-18-23-12-15-29(26)37-23)33-19-21-17-22(32(3,4)5)11-14-28(21)36-6/h7-11,14,17,20,23,26-27,29-30,33H,12-13,15-16,18-19H2,1-6H3/t23-,26-,27?,29+,30?/m0/s1. The Kier molecular flexibility index (Phi) is 7.39. The van der Waals surface area contributed by atoms with E-state index in [0.29, 0.717) is 12.5 Å². The van der Waals surface area contributed by atoms with Gasteiger partial charge in [0.15, 0.2) is 0 Å². The lowest BCUT2D eigenvalue weighted by molar-refractivity contribution is -0.141. The summed E-state index contributed by atoms with van der Waals surface area (Å²) in [6.07, 6.45) is 5.21. The van der Waals surface area contributed by atoms with Gasteiger partial charge in [0.25, 0.3) is 0 Å². The second kappa shape index (κ2) is 10.4. The molecule has 2 bridgehead atoms. The lowest BCUT2D eigenvalue weighted by Gasteiger charge is -2.36. The highest BCUT2D eigenvalue weighted by Crippen LogP contribution is 2.45. The molecule has 3 aliphatic heterocycles. The first kappa shape index (κ1) is 26.2. The van der Waals surface area contributed by atoms with Crippen LogP contribution in [0.3, 0.4) is 0 Å². The Balaban J connectivity index is 1.43. The van der Waals surface area contributed by atoms with Crippen LogP contribution in [0.2, 0.25) is 0 Å². The number of carbonyl (C=O) groups is 1. The van der Waals surface area contributed by atoms with Gasteiger partial charge in [0.05, 0.1) is 37.4 Å². The van der Waals surface area contributed by atoms with Crippen LogP contribution in [0.25, 0.3) is 0 Å². The van der Waals surface area contributed by atoms with Gasteiger partial charge in [-0.3, -0.25) is 10.1 Å². The van der Waals surface area contributed by atoms with E-state index in [0.717, 1.165) is 43.4 Å². The van der Waals surface area contributed by atoms with Crippen LogP contribution in [0.4, 0.5) is 0 Å². The number of rotatable bonds is 7. The smallest absolute Gasteiger partial charge is 0.230 e. The normalized spacial score (nSPS) is 27.3. The van der Waals surface area contributed by atoms with Gasteiger partial charge in [-0.25, -0.2) is 0 Å². The Morgan fingerprint density at radius 2 is 1.89 bits per heavy atom. The summed E-state index contributed by atoms with van der Waals surface area (Å²) in [5.41, 5.74) is 5.12. The molecule has 1 N–H and O–H groups in total. The largest absolute Gasteiger partial charge is 0.496 e. The van der Waals surface area contributed by atoms with Crippen molar-refractivity contribution in [3.05, 3.63) is 64.7 Å². The molecule has 0 aromatic heterocycles. The van der Waals surface area contributed by atoms with Gasteiger partial charge in [0, 0.05) is 12.1 Å². The predicted molar refractivity (Wildman–Crippen MR) is 148 cm³/mol. The molecule has 5 rings (SSSR count). The first-order chi connectivity index (χ1) is 17.7. The third-order valence-electron chi connectivity index (χ3n) is 8.71. The average molecular weight is 505 g/mol. The minimum absolute atomic E-state index is 0.0140. The fourth-order valence-corrected chi connectivity index (χ4v) is 6.66. The summed E-state index contributed by atoms with van der Waals surface area (Å²) in [5.74, 6) is 1.55. The first-order valence-electron chi connectivity index (χ1n) is 14.1. The molecule has 3 aliphatic rings. The molecule has 3 fully saturated rings. The molecule has 0 radical (unpaired) electrons. The zero-order chi connectivity index (χ0) is 26.3. The number of amides is 1. The van der Waals surface area contributed by atoms with Crippen LogP contribution in [0.15, 0.2) is 42.5 Å². The highest BCUT2D eigenvalue weighted by molar-refractivity contribution is 5.81. The van der Waals surface area contributed by atoms with Crippen molar-refractivity contribution in [3.8, 4) is 5.75 Å². The van der Waals surface area contributed by atoms with Crippen molar-refractivity contribution in [1.29, 1.82) is 0 Å². The van der Waals surface area contributed by atoms with Gasteiger partial charge >= 0.3 is 0 Å². The third kappa shape index (κ3) is 5.18. The molecular formula is C32H44N2O3. The van der Waals surface area contributed by atoms with Gasteiger partial charge in [0.1, 0.15) is 5.75 Å². The van der Waals surface area contributed by atoms with E-state index in [9.17, 15) is 4.79 Å². The Bertz CT molecular complexity index is 1120. The number of fused-ring (bicyclic) bond motifs is 2. The van der Waals surface area contributed by atoms with Gasteiger partial charge in [-0.15, -0.1) is 0 Å². The van der Waals surface area contributed by atoms with Gasteiger partial charge < -0.3 is 14.4 Å². The van der Waals surface area contributed by atoms with Crippen molar-refractivity contribution in [2.75, 3.05) is 7.11 Å². The summed E-state index contributed by atoms with van der Waals surface area (Å²) in [6, 6.07) is 15.3. The number of ether oxygens (including phenoxy) is 2. The zero-order valence-electron chi connectivity index (χ0n) is 23.4. The quantitative estimate of drug-likeness (QED) is 0.470. The highest BCUT2D eigenvalue weighted by atomic mass is 16.5. The maximum absolute atomic E-state index is 14.2. The summed E-state index contributed by atoms with van der Waals surface area (Å²) in [7, 11) is 1.73. The van der Waals surface area contributed by atoms with Crippen LogP contribution in [-0.2, 0) is 21.5 Å². The molecule has 5 atom stereocenters. The Morgan fingerprint density at radius 3 is 2.54 bits per heavy atom. The van der Waals surface area contributed by atoms with Crippen molar-refractivity contribution in [2.24, 2.45) is 5.92 Å². The topological polar surface area (TPSA) is 50.8 Å². The lowest BCUT2D eigenvalue weighted by atomic mass is 9.86. The summed E-state index contributed by atoms with van der Waals surface area (Å²) >= 11 is 0. The van der Waals surface area contributed by atoms with Crippen LogP contribution in [0.5, 0.6) is 5.75 Å². The molecule has 0 aliphatic carbocycles. The molecular weight excluding hydrogens is 460 g/mol. The molecule has 3 heterocycles. The van der Waals surface area contributed by atoms with Crippen molar-refractivity contribution in [1.82, 2.24) is 10.2 Å². The summed E-state index contributed by atoms with van der Waals surface area (Å²) in [6.45, 7) is 11.8. The van der Waals surface area contributed by atoms with Gasteiger partial charge in [0.2, 0.25) is 5.91 Å². The number of carbonyl (C=O) groups excluding carboxylic acids is 1. The zero-order valence-corrected chi connectivity index (χ0v) is 23.4. The molecule has 1 amide bonds. The lowest BCUT2D eigenvalue weighted by Crippen LogP contribution is -2.49. The van der Waals surface area contributed by atoms with Crippen molar-refractivity contribution in [2.45, 2.75) is 109 Å². The van der Waals surface area contributed by atoms with Crippen molar-refractivity contribution < 1.29 is 14.3 Å². The second-order valence-corrected chi connectivity index (χ2v) is 12.5. The molecule has 2 unspecified atom stereocenters. The predicted octanol–water partition coefficient (Wildman–Crippen LogP) is 6.46. The first-order valence-corrected chi connectivity index (χ1v) is 14.1. The van der Waals surface area contributed by atoms with Gasteiger partial charge in [-0.05, 0) is 66.2 Å². The SMILES string of the molecule is COc1ccc(C(C)(C)C)cc1CNC1CCC(c2ccccc2C(C)C)N1C(=O)[C@H]1C[C@@H]2CC[C@H]1O2. The fraction of sp³-hybridized carbons (Fsp3) is 0.594. The van der Waals surface area contributed by atoms with E-state index < -0.39 is 0 Å². The number of methoxy groups -OCH3 is 1. The maximum Gasteiger partial charge on any atom is 0.230 e. The molecule has 2 aromatic carbocycles. The number of hydrogen-bond donors (Lipinski definition) is 1. The maximum atomic E-state index is 14.2. The van der Waals surface area contributed by atoms with Gasteiger partial charge in [-0.1, -0.05) is 71.0 Å². The minimum Gasteiger partial charge on any atom is -0.496 e. The Morgan fingerprint density at radius 1 is 1.11 bits per heavy atom. The third-order valence-corrected chi connectivity index (χ3v) is 8.71. The van der Waals surface area contributed by atoms with E-state index in [1.807, 2.05) is 0 Å². The van der Waals surface area contributed by atoms with Crippen molar-refractivity contribution >= 4 is 5.91 Å². The molecule has 5 nitrogen and oxygen atoms in total. The van der Waals surface area contributed by atoms with Gasteiger partial charge in [-0.2, -0.15) is 0 Å². The molecule has 200 valence electrons. The van der Waals surface area contributed by atoms with Crippen LogP contribution in [0, 0.1) is 5.92 Å². The Hall–Kier alpha value is -2.37. The van der Waals surface area contributed by atoms with Crippen LogP contribution >= 0.6 is 0 Å². The average Bonchev–Trinajstić information content (AvgIpc) is 3.62. The summed E-state index contributed by atoms with van der Waals surface area (Å²) in [5, 5.41) is 3.78. The number of nitrogens with one attached hydrogen (secondary N) is 1. The molecule has 5 heteroatoms. The number of nitrogens with zero attached hydrogens (tertiary/aromatic N) is 1. The van der Waals surface area contributed by atoms with E-state index in [4.69, 9.17) is 9.47 Å². The van der Waals surface area contributed by atoms with E-state index in [2.05, 4.69) is 87.3 Å². The number of benzene rings is 2. The van der Waals surface area contributed by atoms with Crippen molar-refractivity contribution in [3.63, 3.8) is 0 Å². The highest BCUT2D eigenvalue weighted by Gasteiger charge is 2.49. The number of hydrogen-bond acceptors (Lipinski definition) is 4. The minimum atomic E-state index is -0.0198. The monoisotopic (exact) mass is 504 g/mol. The molecule has 0 saturated carbocycles. The molecule has 2 aromatic rings. The van der Waals surface area contributed by atoms with Crippen LogP contribution in [-0.4, -0.2) is 36.3 Å². The van der Waals surface area contributed by atoms with Crippen LogP contribution in [0.1, 0.15) is 101 Å². The van der Waals surface area contributed by atoms with E-state index >= 15 is 0 Å². The van der Waals surface area contributed by atoms with Crippen LogP contribution < -0.4 is 10.1 Å². The fourth-order valence-electron chi connectivity index (χ4n) is 6.66. The second-order valence-electron chi connectivity index (χ2n) is 12.5. The molecule has 37 heavy (non-hydrogen) atoms. The van der Waals surface area contributed by atoms with E-state index in [1.165, 1.54) is 16.7 Å². The summed E-state index contributed by atoms with van der Waals surface area (Å²) in [4.78, 5) is 16.4. The Labute approximate surface area is 222 Å². The molecule has 0 spiro atoms. The number of likely N-dealkylation sites (tertiary alicyclic amines) is 1. The molecule has 3 saturated heterocycles.